The van der Waals surface area contributed by atoms with E-state index < -0.39 is 0 Å². The lowest BCUT2D eigenvalue weighted by molar-refractivity contribution is -0.0517. The van der Waals surface area contributed by atoms with E-state index in [9.17, 15) is 0 Å². The third kappa shape index (κ3) is 1.57. The lowest BCUT2D eigenvalue weighted by Gasteiger charge is -2.36. The maximum absolute atomic E-state index is 5.95. The summed E-state index contributed by atoms with van der Waals surface area (Å²) in [6.45, 7) is 5.01. The second kappa shape index (κ2) is 3.78. The van der Waals surface area contributed by atoms with Crippen LogP contribution in [0.2, 0.25) is 0 Å². The van der Waals surface area contributed by atoms with Crippen LogP contribution in [-0.2, 0) is 11.3 Å². The van der Waals surface area contributed by atoms with E-state index in [1.54, 1.807) is 0 Å². The Kier molecular flexibility index (Phi) is 2.75. The van der Waals surface area contributed by atoms with Gasteiger partial charge in [0.1, 0.15) is 0 Å². The van der Waals surface area contributed by atoms with Crippen LogP contribution >= 0.6 is 12.4 Å². The molecule has 0 radical (unpaired) electrons. The van der Waals surface area contributed by atoms with Crippen molar-refractivity contribution in [3.63, 3.8) is 0 Å². The zero-order valence-electron chi connectivity index (χ0n) is 8.82. The van der Waals surface area contributed by atoms with Gasteiger partial charge in [-0.2, -0.15) is 0 Å². The first-order valence-electron chi connectivity index (χ1n) is 5.22. The van der Waals surface area contributed by atoms with Gasteiger partial charge in [-0.15, -0.1) is 12.4 Å². The smallest absolute Gasteiger partial charge is 0.0863 e. The van der Waals surface area contributed by atoms with Gasteiger partial charge in [0.15, 0.2) is 0 Å². The molecule has 1 N–H and O–H groups in total. The largest absolute Gasteiger partial charge is 0.369 e. The van der Waals surface area contributed by atoms with E-state index in [0.717, 1.165) is 19.7 Å². The van der Waals surface area contributed by atoms with Crippen LogP contribution < -0.4 is 5.32 Å². The number of nitrogens with one attached hydrogen (secondary N) is 1. The molecule has 1 aromatic carbocycles. The fraction of sp³-hybridized carbons (Fsp3) is 0.500. The van der Waals surface area contributed by atoms with E-state index in [0.29, 0.717) is 5.92 Å². The van der Waals surface area contributed by atoms with Gasteiger partial charge in [0, 0.05) is 19.0 Å². The van der Waals surface area contributed by atoms with Gasteiger partial charge in [0.25, 0.3) is 0 Å². The number of fused-ring (bicyclic) bond motifs is 3. The number of rotatable bonds is 0. The quantitative estimate of drug-likeness (QED) is 0.730. The molecule has 0 spiro atoms. The highest BCUT2D eigenvalue weighted by atomic mass is 35.5. The predicted octanol–water partition coefficient (Wildman–Crippen LogP) is 2.08. The second-order valence-electron chi connectivity index (χ2n) is 4.48. The SMILES string of the molecule is CC12CNCC1c1ccccc1CO2.Cl. The van der Waals surface area contributed by atoms with Gasteiger partial charge in [-0.25, -0.2) is 0 Å². The number of hydrogen-bond acceptors (Lipinski definition) is 2. The lowest BCUT2D eigenvalue weighted by Crippen LogP contribution is -2.39. The Hall–Kier alpha value is -0.570. The van der Waals surface area contributed by atoms with Crippen LogP contribution in [0, 0.1) is 0 Å². The summed E-state index contributed by atoms with van der Waals surface area (Å²) in [4.78, 5) is 0. The Labute approximate surface area is 96.4 Å². The van der Waals surface area contributed by atoms with Gasteiger partial charge < -0.3 is 10.1 Å². The van der Waals surface area contributed by atoms with Gasteiger partial charge in [-0.1, -0.05) is 24.3 Å². The molecule has 0 bridgehead atoms. The molecule has 2 aliphatic heterocycles. The lowest BCUT2D eigenvalue weighted by atomic mass is 9.82. The summed E-state index contributed by atoms with van der Waals surface area (Å²) in [6, 6.07) is 8.64. The van der Waals surface area contributed by atoms with Crippen LogP contribution in [0.25, 0.3) is 0 Å². The molecule has 0 aliphatic carbocycles. The zero-order valence-corrected chi connectivity index (χ0v) is 9.64. The van der Waals surface area contributed by atoms with Crippen LogP contribution in [0.4, 0.5) is 0 Å². The molecule has 3 rings (SSSR count). The fourth-order valence-electron chi connectivity index (χ4n) is 2.64. The fourth-order valence-corrected chi connectivity index (χ4v) is 2.64. The summed E-state index contributed by atoms with van der Waals surface area (Å²) in [6.07, 6.45) is 0. The Bertz CT molecular complexity index is 368. The molecule has 1 aromatic rings. The minimum absolute atomic E-state index is 0. The third-order valence-electron chi connectivity index (χ3n) is 3.55. The highest BCUT2D eigenvalue weighted by molar-refractivity contribution is 5.85. The molecule has 0 aromatic heterocycles. The predicted molar refractivity (Wildman–Crippen MR) is 62.5 cm³/mol. The van der Waals surface area contributed by atoms with Crippen LogP contribution in [0.5, 0.6) is 0 Å². The maximum Gasteiger partial charge on any atom is 0.0863 e. The number of ether oxygens (including phenoxy) is 1. The summed E-state index contributed by atoms with van der Waals surface area (Å²) < 4.78 is 5.95. The average Bonchev–Trinajstić information content (AvgIpc) is 2.60. The van der Waals surface area contributed by atoms with Gasteiger partial charge in [-0.3, -0.25) is 0 Å². The average molecular weight is 226 g/mol. The van der Waals surface area contributed by atoms with Crippen molar-refractivity contribution in [2.75, 3.05) is 13.1 Å². The number of benzene rings is 1. The summed E-state index contributed by atoms with van der Waals surface area (Å²) >= 11 is 0. The van der Waals surface area contributed by atoms with Crippen molar-refractivity contribution in [2.24, 2.45) is 0 Å². The molecule has 2 unspecified atom stereocenters. The molecule has 82 valence electrons. The minimum Gasteiger partial charge on any atom is -0.369 e. The Morgan fingerprint density at radius 2 is 2.20 bits per heavy atom. The number of hydrogen-bond donors (Lipinski definition) is 1. The number of halogens is 1. The topological polar surface area (TPSA) is 21.3 Å². The molecule has 0 amide bonds. The van der Waals surface area contributed by atoms with Crippen LogP contribution in [0.1, 0.15) is 24.0 Å². The molecular formula is C12H16ClNO. The van der Waals surface area contributed by atoms with E-state index >= 15 is 0 Å². The molecule has 3 heteroatoms. The molecule has 15 heavy (non-hydrogen) atoms. The maximum atomic E-state index is 5.95. The van der Waals surface area contributed by atoms with Crippen molar-refractivity contribution in [3.05, 3.63) is 35.4 Å². The molecular weight excluding hydrogens is 210 g/mol. The zero-order chi connectivity index (χ0) is 9.60. The first-order chi connectivity index (χ1) is 6.80. The van der Waals surface area contributed by atoms with Crippen LogP contribution in [0.3, 0.4) is 0 Å². The van der Waals surface area contributed by atoms with E-state index in [1.807, 2.05) is 0 Å². The monoisotopic (exact) mass is 225 g/mol. The summed E-state index contributed by atoms with van der Waals surface area (Å²) in [5, 5.41) is 3.42. The van der Waals surface area contributed by atoms with Crippen molar-refractivity contribution in [1.82, 2.24) is 5.32 Å². The Morgan fingerprint density at radius 3 is 3.07 bits per heavy atom. The van der Waals surface area contributed by atoms with Gasteiger partial charge >= 0.3 is 0 Å². The molecule has 0 saturated carbocycles. The van der Waals surface area contributed by atoms with Crippen molar-refractivity contribution < 1.29 is 4.74 Å². The molecule has 2 heterocycles. The second-order valence-corrected chi connectivity index (χ2v) is 4.48. The first kappa shape index (κ1) is 10.9. The first-order valence-corrected chi connectivity index (χ1v) is 5.22. The minimum atomic E-state index is 0. The highest BCUT2D eigenvalue weighted by Crippen LogP contribution is 2.40. The Balaban J connectivity index is 0.000000853. The molecule has 2 aliphatic rings. The molecule has 2 nitrogen and oxygen atoms in total. The normalized spacial score (nSPS) is 32.7. The van der Waals surface area contributed by atoms with Crippen LogP contribution in [0.15, 0.2) is 24.3 Å². The molecule has 1 fully saturated rings. The van der Waals surface area contributed by atoms with E-state index in [2.05, 4.69) is 36.5 Å². The van der Waals surface area contributed by atoms with Crippen molar-refractivity contribution >= 4 is 12.4 Å². The Morgan fingerprint density at radius 1 is 1.40 bits per heavy atom. The molecule has 1 saturated heterocycles. The summed E-state index contributed by atoms with van der Waals surface area (Å²) in [7, 11) is 0. The molecule has 2 atom stereocenters. The van der Waals surface area contributed by atoms with Crippen molar-refractivity contribution in [3.8, 4) is 0 Å². The van der Waals surface area contributed by atoms with Gasteiger partial charge in [0.2, 0.25) is 0 Å². The summed E-state index contributed by atoms with van der Waals surface area (Å²) in [5.74, 6) is 0.535. The van der Waals surface area contributed by atoms with Crippen molar-refractivity contribution in [2.45, 2.75) is 25.0 Å². The third-order valence-corrected chi connectivity index (χ3v) is 3.55. The standard InChI is InChI=1S/C12H15NO.ClH/c1-12-8-13-6-11(12)10-5-3-2-4-9(10)7-14-12;/h2-5,11,13H,6-8H2,1H3;1H. The van der Waals surface area contributed by atoms with Gasteiger partial charge in [-0.05, 0) is 18.1 Å². The van der Waals surface area contributed by atoms with Crippen molar-refractivity contribution in [1.29, 1.82) is 0 Å². The van der Waals surface area contributed by atoms with Crippen LogP contribution in [-0.4, -0.2) is 18.7 Å². The van der Waals surface area contributed by atoms with E-state index in [4.69, 9.17) is 4.74 Å². The van der Waals surface area contributed by atoms with E-state index in [1.165, 1.54) is 11.1 Å². The van der Waals surface area contributed by atoms with E-state index in [-0.39, 0.29) is 18.0 Å². The summed E-state index contributed by atoms with van der Waals surface area (Å²) in [5.41, 5.74) is 2.86. The highest BCUT2D eigenvalue weighted by Gasteiger charge is 2.44. The van der Waals surface area contributed by atoms with Gasteiger partial charge in [0.05, 0.1) is 12.2 Å².